The van der Waals surface area contributed by atoms with Crippen LogP contribution < -0.4 is 16.0 Å². The molecule has 4 N–H and O–H groups in total. The Morgan fingerprint density at radius 3 is 2.72 bits per heavy atom. The average Bonchev–Trinajstić information content (AvgIpc) is 3.16. The van der Waals surface area contributed by atoms with Gasteiger partial charge in [0.25, 0.3) is 0 Å². The monoisotopic (exact) mass is 452 g/mol. The zero-order chi connectivity index (χ0) is 22.6. The summed E-state index contributed by atoms with van der Waals surface area (Å²) in [4.78, 5) is 13.1. The second kappa shape index (κ2) is 9.37. The Hall–Kier alpha value is -3.43. The zero-order valence-electron chi connectivity index (χ0n) is 17.9. The largest absolute Gasteiger partial charge is 0.389 e. The van der Waals surface area contributed by atoms with E-state index in [0.717, 1.165) is 22.3 Å². The van der Waals surface area contributed by atoms with Gasteiger partial charge in [-0.25, -0.2) is 4.98 Å². The van der Waals surface area contributed by atoms with Gasteiger partial charge in [-0.05, 0) is 44.2 Å². The van der Waals surface area contributed by atoms with Crippen molar-refractivity contribution in [3.63, 3.8) is 0 Å². The molecule has 0 radical (unpaired) electrons. The number of anilines is 4. The summed E-state index contributed by atoms with van der Waals surface area (Å²) in [6.07, 6.45) is 6.93. The molecule has 0 amide bonds. The predicted octanol–water partition coefficient (Wildman–Crippen LogP) is 3.91. The fraction of sp³-hybridized carbons (Fsp3) is 0.273. The van der Waals surface area contributed by atoms with Gasteiger partial charge < -0.3 is 21.1 Å². The number of hydrogen-bond donors (Lipinski definition) is 4. The summed E-state index contributed by atoms with van der Waals surface area (Å²) >= 11 is 6.05. The standard InChI is InChI=1S/C22H25ClN8O/c1-22(2,32)14-31-13-16(12-28-31)29-21-27-8-6-20(30-21)26-10-9-25-18-5-7-24-19-11-15(23)3-4-17(18)19/h3-8,11-13,32H,9-10,14H2,1-2H3,(H,24,25)(H2,26,27,29,30). The van der Waals surface area contributed by atoms with Crippen LogP contribution in [0, 0.1) is 0 Å². The molecule has 10 heteroatoms. The molecule has 0 aliphatic carbocycles. The Balaban J connectivity index is 1.31. The molecular weight excluding hydrogens is 428 g/mol. The lowest BCUT2D eigenvalue weighted by atomic mass is 10.1. The number of hydrogen-bond acceptors (Lipinski definition) is 8. The van der Waals surface area contributed by atoms with Gasteiger partial charge in [-0.1, -0.05) is 11.6 Å². The summed E-state index contributed by atoms with van der Waals surface area (Å²) in [5.41, 5.74) is 1.76. The molecule has 0 aliphatic heterocycles. The van der Waals surface area contributed by atoms with Gasteiger partial charge >= 0.3 is 0 Å². The maximum absolute atomic E-state index is 9.92. The van der Waals surface area contributed by atoms with Crippen LogP contribution in [-0.4, -0.2) is 48.5 Å². The molecule has 0 atom stereocenters. The van der Waals surface area contributed by atoms with Crippen molar-refractivity contribution in [3.05, 3.63) is 60.1 Å². The zero-order valence-corrected chi connectivity index (χ0v) is 18.6. The highest BCUT2D eigenvalue weighted by Crippen LogP contribution is 2.24. The van der Waals surface area contributed by atoms with Crippen molar-refractivity contribution in [2.24, 2.45) is 0 Å². The van der Waals surface area contributed by atoms with Crippen molar-refractivity contribution in [3.8, 4) is 0 Å². The van der Waals surface area contributed by atoms with E-state index in [-0.39, 0.29) is 0 Å². The summed E-state index contributed by atoms with van der Waals surface area (Å²) in [6.45, 7) is 5.23. The molecule has 3 heterocycles. The number of benzene rings is 1. The van der Waals surface area contributed by atoms with Crippen LogP contribution in [0.25, 0.3) is 10.9 Å². The van der Waals surface area contributed by atoms with Gasteiger partial charge in [0.15, 0.2) is 0 Å². The van der Waals surface area contributed by atoms with Gasteiger partial charge in [0.1, 0.15) is 5.82 Å². The van der Waals surface area contributed by atoms with Crippen LogP contribution >= 0.6 is 11.6 Å². The van der Waals surface area contributed by atoms with Crippen molar-refractivity contribution in [2.45, 2.75) is 26.0 Å². The van der Waals surface area contributed by atoms with E-state index in [9.17, 15) is 5.11 Å². The van der Waals surface area contributed by atoms with Crippen LogP contribution in [0.4, 0.5) is 23.1 Å². The minimum absolute atomic E-state index is 0.393. The number of nitrogens with zero attached hydrogens (tertiary/aromatic N) is 5. The highest BCUT2D eigenvalue weighted by Gasteiger charge is 2.14. The molecule has 4 aromatic rings. The third kappa shape index (κ3) is 5.83. The third-order valence-electron chi connectivity index (χ3n) is 4.55. The van der Waals surface area contributed by atoms with Gasteiger partial charge in [0.2, 0.25) is 5.95 Å². The SMILES string of the molecule is CC(C)(O)Cn1cc(Nc2nccc(NCCNc3ccnc4cc(Cl)ccc34)n2)cn1. The quantitative estimate of drug-likeness (QED) is 0.283. The van der Waals surface area contributed by atoms with Crippen LogP contribution in [-0.2, 0) is 6.54 Å². The predicted molar refractivity (Wildman–Crippen MR) is 128 cm³/mol. The van der Waals surface area contributed by atoms with Crippen LogP contribution in [0.2, 0.25) is 5.02 Å². The Morgan fingerprint density at radius 2 is 1.88 bits per heavy atom. The topological polar surface area (TPSA) is 113 Å². The first-order valence-corrected chi connectivity index (χ1v) is 10.6. The van der Waals surface area contributed by atoms with Gasteiger partial charge in [0.05, 0.1) is 29.5 Å². The number of aromatic nitrogens is 5. The summed E-state index contributed by atoms with van der Waals surface area (Å²) in [5.74, 6) is 1.17. The van der Waals surface area contributed by atoms with Crippen LogP contribution in [0.15, 0.2) is 55.1 Å². The van der Waals surface area contributed by atoms with Gasteiger partial charge in [-0.15, -0.1) is 0 Å². The lowest BCUT2D eigenvalue weighted by Gasteiger charge is -2.16. The lowest BCUT2D eigenvalue weighted by molar-refractivity contribution is 0.0578. The first kappa shape index (κ1) is 21.8. The summed E-state index contributed by atoms with van der Waals surface area (Å²) in [5, 5.41) is 25.7. The van der Waals surface area contributed by atoms with E-state index in [0.29, 0.717) is 36.4 Å². The van der Waals surface area contributed by atoms with E-state index in [1.165, 1.54) is 0 Å². The second-order valence-electron chi connectivity index (χ2n) is 8.00. The number of nitrogens with one attached hydrogen (secondary N) is 3. The van der Waals surface area contributed by atoms with Crippen LogP contribution in [0.5, 0.6) is 0 Å². The molecule has 0 saturated carbocycles. The maximum Gasteiger partial charge on any atom is 0.229 e. The summed E-state index contributed by atoms with van der Waals surface area (Å²) in [6, 6.07) is 9.43. The molecule has 0 saturated heterocycles. The van der Waals surface area contributed by atoms with Gasteiger partial charge in [-0.3, -0.25) is 9.67 Å². The number of halogens is 1. The molecule has 3 aromatic heterocycles. The molecule has 0 aliphatic rings. The van der Waals surface area contributed by atoms with E-state index >= 15 is 0 Å². The normalized spacial score (nSPS) is 11.5. The van der Waals surface area contributed by atoms with Crippen molar-refractivity contribution in [1.29, 1.82) is 0 Å². The second-order valence-corrected chi connectivity index (χ2v) is 8.44. The first-order valence-electron chi connectivity index (χ1n) is 10.2. The molecule has 9 nitrogen and oxygen atoms in total. The molecular formula is C22H25ClN8O. The van der Waals surface area contributed by atoms with E-state index in [2.05, 4.69) is 36.0 Å². The molecule has 166 valence electrons. The van der Waals surface area contributed by atoms with Crippen molar-refractivity contribution in [1.82, 2.24) is 24.7 Å². The van der Waals surface area contributed by atoms with Crippen molar-refractivity contribution < 1.29 is 5.11 Å². The number of fused-ring (bicyclic) bond motifs is 1. The Morgan fingerprint density at radius 1 is 1.06 bits per heavy atom. The minimum atomic E-state index is -0.840. The fourth-order valence-corrected chi connectivity index (χ4v) is 3.39. The van der Waals surface area contributed by atoms with Crippen LogP contribution in [0.1, 0.15) is 13.8 Å². The Bertz CT molecular complexity index is 1200. The molecule has 32 heavy (non-hydrogen) atoms. The van der Waals surface area contributed by atoms with Gasteiger partial charge in [0, 0.05) is 47.8 Å². The van der Waals surface area contributed by atoms with E-state index < -0.39 is 5.60 Å². The molecule has 0 bridgehead atoms. The van der Waals surface area contributed by atoms with Crippen molar-refractivity contribution in [2.75, 3.05) is 29.0 Å². The molecule has 4 rings (SSSR count). The number of aliphatic hydroxyl groups is 1. The minimum Gasteiger partial charge on any atom is -0.389 e. The Kier molecular flexibility index (Phi) is 6.38. The molecule has 0 fully saturated rings. The number of pyridine rings is 1. The lowest BCUT2D eigenvalue weighted by Crippen LogP contribution is -2.26. The van der Waals surface area contributed by atoms with Crippen LogP contribution in [0.3, 0.4) is 0 Å². The van der Waals surface area contributed by atoms with E-state index in [4.69, 9.17) is 11.6 Å². The van der Waals surface area contributed by atoms with E-state index in [1.54, 1.807) is 43.3 Å². The molecule has 0 spiro atoms. The maximum atomic E-state index is 9.92. The molecule has 0 unspecified atom stereocenters. The van der Waals surface area contributed by atoms with Crippen molar-refractivity contribution >= 4 is 45.6 Å². The Labute approximate surface area is 190 Å². The highest BCUT2D eigenvalue weighted by molar-refractivity contribution is 6.31. The smallest absolute Gasteiger partial charge is 0.229 e. The van der Waals surface area contributed by atoms with E-state index in [1.807, 2.05) is 30.3 Å². The summed E-state index contributed by atoms with van der Waals surface area (Å²) < 4.78 is 1.67. The fourth-order valence-electron chi connectivity index (χ4n) is 3.22. The molecule has 1 aromatic carbocycles. The first-order chi connectivity index (χ1) is 15.4. The average molecular weight is 453 g/mol. The highest BCUT2D eigenvalue weighted by atomic mass is 35.5. The third-order valence-corrected chi connectivity index (χ3v) is 4.78. The number of rotatable bonds is 9. The summed E-state index contributed by atoms with van der Waals surface area (Å²) in [7, 11) is 0. The van der Waals surface area contributed by atoms with Gasteiger partial charge in [-0.2, -0.15) is 10.1 Å².